The first kappa shape index (κ1) is 23.3. The summed E-state index contributed by atoms with van der Waals surface area (Å²) < 4.78 is 22.8. The summed E-state index contributed by atoms with van der Waals surface area (Å²) in [5.41, 5.74) is 8.17. The molecule has 2 fully saturated rings. The highest BCUT2D eigenvalue weighted by Gasteiger charge is 2.46. The largest absolute Gasteiger partial charge is 0.491 e. The molecule has 2 heterocycles. The topological polar surface area (TPSA) is 43.5 Å². The summed E-state index contributed by atoms with van der Waals surface area (Å²) in [6.07, 6.45) is 3.10. The second-order valence-corrected chi connectivity index (χ2v) is 10.2. The van der Waals surface area contributed by atoms with E-state index in [4.69, 9.17) is 18.9 Å². The van der Waals surface area contributed by atoms with Gasteiger partial charge in [-0.05, 0) is 63.6 Å². The minimum atomic E-state index is -0.473. The van der Waals surface area contributed by atoms with Crippen molar-refractivity contribution >= 4 is 0 Å². The summed E-state index contributed by atoms with van der Waals surface area (Å²) in [6.45, 7) is 6.75. The van der Waals surface area contributed by atoms with Gasteiger partial charge in [0.1, 0.15) is 36.9 Å². The van der Waals surface area contributed by atoms with Crippen molar-refractivity contribution < 1.29 is 18.9 Å². The van der Waals surface area contributed by atoms with Gasteiger partial charge in [-0.25, -0.2) is 0 Å². The highest BCUT2D eigenvalue weighted by Crippen LogP contribution is 2.56. The molecule has 1 aliphatic carbocycles. The van der Waals surface area contributed by atoms with E-state index in [0.717, 1.165) is 36.7 Å². The Labute approximate surface area is 223 Å². The van der Waals surface area contributed by atoms with E-state index in [1.807, 2.05) is 6.08 Å². The molecule has 3 aliphatic rings. The summed E-state index contributed by atoms with van der Waals surface area (Å²) in [6, 6.07) is 32.8. The van der Waals surface area contributed by atoms with E-state index < -0.39 is 5.41 Å². The van der Waals surface area contributed by atoms with Gasteiger partial charge in [0.15, 0.2) is 0 Å². The van der Waals surface area contributed by atoms with Crippen LogP contribution < -0.4 is 9.47 Å². The maximum Gasteiger partial charge on any atom is 0.122 e. The van der Waals surface area contributed by atoms with Gasteiger partial charge < -0.3 is 18.9 Å². The molecule has 2 saturated heterocycles. The Morgan fingerprint density at radius 2 is 1.32 bits per heavy atom. The summed E-state index contributed by atoms with van der Waals surface area (Å²) in [5, 5.41) is 0. The van der Waals surface area contributed by atoms with Crippen LogP contribution in [0.25, 0.3) is 11.1 Å². The normalized spacial score (nSPS) is 19.8. The molecule has 0 radical (unpaired) electrons. The van der Waals surface area contributed by atoms with Gasteiger partial charge in [-0.2, -0.15) is 0 Å². The van der Waals surface area contributed by atoms with Crippen molar-refractivity contribution in [2.45, 2.75) is 24.0 Å². The molecule has 0 spiro atoms. The first-order chi connectivity index (χ1) is 18.8. The van der Waals surface area contributed by atoms with Gasteiger partial charge >= 0.3 is 0 Å². The van der Waals surface area contributed by atoms with Gasteiger partial charge in [-0.1, -0.05) is 78.9 Å². The van der Waals surface area contributed by atoms with Crippen molar-refractivity contribution in [1.82, 2.24) is 0 Å². The van der Waals surface area contributed by atoms with Gasteiger partial charge in [-0.3, -0.25) is 0 Å². The van der Waals surface area contributed by atoms with Crippen LogP contribution in [0, 0.1) is 0 Å². The number of epoxide rings is 2. The lowest BCUT2D eigenvalue weighted by atomic mass is 9.67. The average Bonchev–Trinajstić information content (AvgIpc) is 3.90. The second-order valence-electron chi connectivity index (χ2n) is 10.2. The van der Waals surface area contributed by atoms with Gasteiger partial charge in [0, 0.05) is 0 Å². The molecule has 0 N–H and O–H groups in total. The van der Waals surface area contributed by atoms with E-state index in [2.05, 4.69) is 97.6 Å². The van der Waals surface area contributed by atoms with E-state index in [1.165, 1.54) is 33.4 Å². The van der Waals surface area contributed by atoms with E-state index in [9.17, 15) is 0 Å². The van der Waals surface area contributed by atoms with Gasteiger partial charge in [-0.15, -0.1) is 6.58 Å². The SMILES string of the molecule is C=CCc1cc(C2(c3ccc(OCC4CO4)cc3)c3ccccc3-c3ccccc32)ccc1OCC1CO1. The van der Waals surface area contributed by atoms with Crippen LogP contribution in [-0.2, 0) is 21.3 Å². The zero-order valence-corrected chi connectivity index (χ0v) is 21.3. The molecule has 4 heteroatoms. The number of rotatable bonds is 10. The molecule has 0 amide bonds. The van der Waals surface area contributed by atoms with Crippen molar-refractivity contribution in [3.8, 4) is 22.6 Å². The fourth-order valence-electron chi connectivity index (χ4n) is 5.79. The molecule has 38 heavy (non-hydrogen) atoms. The lowest BCUT2D eigenvalue weighted by Crippen LogP contribution is -2.28. The van der Waals surface area contributed by atoms with Crippen LogP contribution in [0.15, 0.2) is 104 Å². The third-order valence-corrected chi connectivity index (χ3v) is 7.76. The quantitative estimate of drug-likeness (QED) is 0.165. The minimum Gasteiger partial charge on any atom is -0.491 e. The van der Waals surface area contributed by atoms with Crippen molar-refractivity contribution in [3.05, 3.63) is 131 Å². The molecule has 4 aromatic rings. The zero-order chi connectivity index (χ0) is 25.5. The van der Waals surface area contributed by atoms with Crippen LogP contribution in [0.3, 0.4) is 0 Å². The van der Waals surface area contributed by atoms with Gasteiger partial charge in [0.2, 0.25) is 0 Å². The lowest BCUT2D eigenvalue weighted by molar-refractivity contribution is 0.261. The Hall–Kier alpha value is -3.86. The lowest BCUT2D eigenvalue weighted by Gasteiger charge is -2.34. The zero-order valence-electron chi connectivity index (χ0n) is 21.3. The number of hydrogen-bond acceptors (Lipinski definition) is 4. The highest BCUT2D eigenvalue weighted by molar-refractivity contribution is 5.86. The number of hydrogen-bond donors (Lipinski definition) is 0. The molecule has 190 valence electrons. The third kappa shape index (κ3) is 4.01. The van der Waals surface area contributed by atoms with E-state index in [-0.39, 0.29) is 12.2 Å². The molecule has 4 nitrogen and oxygen atoms in total. The molecule has 0 aromatic heterocycles. The van der Waals surface area contributed by atoms with Crippen molar-refractivity contribution in [3.63, 3.8) is 0 Å². The molecule has 4 aromatic carbocycles. The van der Waals surface area contributed by atoms with Crippen molar-refractivity contribution in [2.75, 3.05) is 26.4 Å². The summed E-state index contributed by atoms with van der Waals surface area (Å²) in [5.74, 6) is 1.75. The van der Waals surface area contributed by atoms with Crippen LogP contribution >= 0.6 is 0 Å². The fourth-order valence-corrected chi connectivity index (χ4v) is 5.79. The molecule has 2 aliphatic heterocycles. The highest BCUT2D eigenvalue weighted by atomic mass is 16.6. The maximum atomic E-state index is 6.18. The summed E-state index contributed by atoms with van der Waals surface area (Å²) in [4.78, 5) is 0. The van der Waals surface area contributed by atoms with Crippen LogP contribution in [0.4, 0.5) is 0 Å². The van der Waals surface area contributed by atoms with E-state index in [1.54, 1.807) is 0 Å². The Morgan fingerprint density at radius 3 is 1.92 bits per heavy atom. The summed E-state index contributed by atoms with van der Waals surface area (Å²) >= 11 is 0. The Morgan fingerprint density at radius 1 is 0.737 bits per heavy atom. The minimum absolute atomic E-state index is 0.207. The van der Waals surface area contributed by atoms with Crippen molar-refractivity contribution in [1.29, 1.82) is 0 Å². The number of benzene rings is 4. The third-order valence-electron chi connectivity index (χ3n) is 7.76. The van der Waals surface area contributed by atoms with Crippen LogP contribution in [0.2, 0.25) is 0 Å². The molecule has 0 saturated carbocycles. The van der Waals surface area contributed by atoms with E-state index >= 15 is 0 Å². The first-order valence-electron chi connectivity index (χ1n) is 13.3. The standard InChI is InChI=1S/C34H30O4/c1-2-7-23-18-25(14-17-33(23)38-22-28-21-37-28)34(24-12-15-26(16-13-24)35-19-27-20-36-27)31-10-5-3-8-29(31)30-9-4-6-11-32(30)34/h2-6,8-18,27-28H,1,7,19-22H2. The number of ether oxygens (including phenoxy) is 4. The van der Waals surface area contributed by atoms with Crippen LogP contribution in [0.5, 0.6) is 11.5 Å². The molecular weight excluding hydrogens is 472 g/mol. The summed E-state index contributed by atoms with van der Waals surface area (Å²) in [7, 11) is 0. The Kier molecular flexibility index (Phi) is 5.80. The molecule has 0 bridgehead atoms. The van der Waals surface area contributed by atoms with Gasteiger partial charge in [0.05, 0.1) is 18.6 Å². The molecule has 7 rings (SSSR count). The monoisotopic (exact) mass is 502 g/mol. The Balaban J connectivity index is 1.40. The predicted octanol–water partition coefficient (Wildman–Crippen LogP) is 6.33. The van der Waals surface area contributed by atoms with Crippen LogP contribution in [-0.4, -0.2) is 38.6 Å². The van der Waals surface area contributed by atoms with Crippen molar-refractivity contribution in [2.24, 2.45) is 0 Å². The molecule has 2 unspecified atom stereocenters. The Bertz CT molecular complexity index is 1440. The molecule has 2 atom stereocenters. The van der Waals surface area contributed by atoms with Gasteiger partial charge in [0.25, 0.3) is 0 Å². The maximum absolute atomic E-state index is 6.18. The smallest absolute Gasteiger partial charge is 0.122 e. The average molecular weight is 503 g/mol. The second kappa shape index (κ2) is 9.46. The number of allylic oxidation sites excluding steroid dienone is 1. The molecular formula is C34H30O4. The fraction of sp³-hybridized carbons (Fsp3) is 0.235. The number of fused-ring (bicyclic) bond motifs is 3. The predicted molar refractivity (Wildman–Crippen MR) is 148 cm³/mol. The van der Waals surface area contributed by atoms with Crippen LogP contribution in [0.1, 0.15) is 27.8 Å². The van der Waals surface area contributed by atoms with E-state index in [0.29, 0.717) is 13.2 Å². The first-order valence-corrected chi connectivity index (χ1v) is 13.3.